The van der Waals surface area contributed by atoms with Gasteiger partial charge in [0.2, 0.25) is 5.91 Å². The standard InChI is InChI=1S/C16H15NO2/c1-11-9-15(18)8-7-13(11)6-5-12-3-2-4-14(10-12)16(17)19/h2-10,18H,1H3,(H2,17,19)/b6-5+. The molecule has 2 rings (SSSR count). The van der Waals surface area contributed by atoms with Crippen LogP contribution in [0.2, 0.25) is 0 Å². The molecule has 19 heavy (non-hydrogen) atoms. The number of rotatable bonds is 3. The molecule has 0 aliphatic carbocycles. The van der Waals surface area contributed by atoms with Gasteiger partial charge < -0.3 is 10.8 Å². The van der Waals surface area contributed by atoms with Crippen molar-refractivity contribution in [3.8, 4) is 5.75 Å². The van der Waals surface area contributed by atoms with E-state index in [1.165, 1.54) is 0 Å². The fourth-order valence-corrected chi connectivity index (χ4v) is 1.83. The summed E-state index contributed by atoms with van der Waals surface area (Å²) in [7, 11) is 0. The van der Waals surface area contributed by atoms with Crippen LogP contribution in [-0.2, 0) is 0 Å². The summed E-state index contributed by atoms with van der Waals surface area (Å²) in [6.45, 7) is 1.93. The average Bonchev–Trinajstić information content (AvgIpc) is 2.38. The predicted molar refractivity (Wildman–Crippen MR) is 76.7 cm³/mol. The second-order valence-corrected chi connectivity index (χ2v) is 4.36. The first-order valence-electron chi connectivity index (χ1n) is 5.94. The van der Waals surface area contributed by atoms with Crippen LogP contribution in [0.1, 0.15) is 27.0 Å². The van der Waals surface area contributed by atoms with Crippen LogP contribution in [0.4, 0.5) is 0 Å². The van der Waals surface area contributed by atoms with Crippen molar-refractivity contribution in [1.82, 2.24) is 0 Å². The summed E-state index contributed by atoms with van der Waals surface area (Å²) >= 11 is 0. The Morgan fingerprint density at radius 2 is 1.95 bits per heavy atom. The largest absolute Gasteiger partial charge is 0.508 e. The Kier molecular flexibility index (Phi) is 3.66. The third kappa shape index (κ3) is 3.22. The van der Waals surface area contributed by atoms with Crippen LogP contribution < -0.4 is 5.73 Å². The van der Waals surface area contributed by atoms with E-state index in [0.29, 0.717) is 5.56 Å². The molecule has 0 radical (unpaired) electrons. The average molecular weight is 253 g/mol. The molecule has 2 aromatic rings. The van der Waals surface area contributed by atoms with Crippen LogP contribution in [-0.4, -0.2) is 11.0 Å². The molecule has 3 nitrogen and oxygen atoms in total. The Bertz CT molecular complexity index is 645. The Balaban J connectivity index is 2.27. The van der Waals surface area contributed by atoms with Gasteiger partial charge in [-0.1, -0.05) is 30.4 Å². The lowest BCUT2D eigenvalue weighted by atomic mass is 10.1. The topological polar surface area (TPSA) is 63.3 Å². The van der Waals surface area contributed by atoms with Crippen molar-refractivity contribution < 1.29 is 9.90 Å². The lowest BCUT2D eigenvalue weighted by molar-refractivity contribution is 0.100. The number of carbonyl (C=O) groups is 1. The molecular weight excluding hydrogens is 238 g/mol. The zero-order chi connectivity index (χ0) is 13.8. The quantitative estimate of drug-likeness (QED) is 0.826. The van der Waals surface area contributed by atoms with Crippen molar-refractivity contribution in [3.63, 3.8) is 0 Å². The van der Waals surface area contributed by atoms with Gasteiger partial charge in [0.15, 0.2) is 0 Å². The van der Waals surface area contributed by atoms with Crippen molar-refractivity contribution in [1.29, 1.82) is 0 Å². The Morgan fingerprint density at radius 1 is 1.16 bits per heavy atom. The number of hydrogen-bond acceptors (Lipinski definition) is 2. The van der Waals surface area contributed by atoms with Gasteiger partial charge in [-0.25, -0.2) is 0 Å². The first-order valence-corrected chi connectivity index (χ1v) is 5.94. The van der Waals surface area contributed by atoms with E-state index in [2.05, 4.69) is 0 Å². The maximum atomic E-state index is 11.1. The van der Waals surface area contributed by atoms with Gasteiger partial charge in [-0.3, -0.25) is 4.79 Å². The van der Waals surface area contributed by atoms with Gasteiger partial charge in [-0.15, -0.1) is 0 Å². The number of aryl methyl sites for hydroxylation is 1. The van der Waals surface area contributed by atoms with Crippen molar-refractivity contribution in [2.45, 2.75) is 6.92 Å². The highest BCUT2D eigenvalue weighted by Gasteiger charge is 2.00. The lowest BCUT2D eigenvalue weighted by Gasteiger charge is -2.01. The molecular formula is C16H15NO2. The number of nitrogens with two attached hydrogens (primary N) is 1. The first kappa shape index (κ1) is 12.9. The number of amides is 1. The molecule has 0 bridgehead atoms. The summed E-state index contributed by atoms with van der Waals surface area (Å²) in [5.41, 5.74) is 8.64. The molecule has 0 saturated heterocycles. The van der Waals surface area contributed by atoms with E-state index in [1.54, 1.807) is 30.3 Å². The summed E-state index contributed by atoms with van der Waals surface area (Å²) in [5, 5.41) is 9.34. The number of benzene rings is 2. The Morgan fingerprint density at radius 3 is 2.63 bits per heavy atom. The molecule has 0 spiro atoms. The van der Waals surface area contributed by atoms with Crippen molar-refractivity contribution in [2.24, 2.45) is 5.73 Å². The second-order valence-electron chi connectivity index (χ2n) is 4.36. The Hall–Kier alpha value is -2.55. The monoisotopic (exact) mass is 253 g/mol. The van der Waals surface area contributed by atoms with Crippen LogP contribution in [0.25, 0.3) is 12.2 Å². The van der Waals surface area contributed by atoms with Gasteiger partial charge in [0.1, 0.15) is 5.75 Å². The minimum absolute atomic E-state index is 0.255. The number of phenols is 1. The van der Waals surface area contributed by atoms with Crippen LogP contribution in [0.3, 0.4) is 0 Å². The highest BCUT2D eigenvalue weighted by Crippen LogP contribution is 2.18. The van der Waals surface area contributed by atoms with Gasteiger partial charge in [0.25, 0.3) is 0 Å². The maximum absolute atomic E-state index is 11.1. The zero-order valence-corrected chi connectivity index (χ0v) is 10.6. The van der Waals surface area contributed by atoms with Crippen LogP contribution in [0.15, 0.2) is 42.5 Å². The van der Waals surface area contributed by atoms with Crippen molar-refractivity contribution in [2.75, 3.05) is 0 Å². The molecule has 0 unspecified atom stereocenters. The van der Waals surface area contributed by atoms with Crippen LogP contribution in [0, 0.1) is 6.92 Å². The minimum atomic E-state index is -0.434. The molecule has 3 N–H and O–H groups in total. The SMILES string of the molecule is Cc1cc(O)ccc1/C=C/c1cccc(C(N)=O)c1. The Labute approximate surface area is 112 Å². The molecule has 3 heteroatoms. The maximum Gasteiger partial charge on any atom is 0.248 e. The van der Waals surface area contributed by atoms with Crippen LogP contribution in [0.5, 0.6) is 5.75 Å². The molecule has 96 valence electrons. The molecule has 0 heterocycles. The van der Waals surface area contributed by atoms with E-state index in [-0.39, 0.29) is 5.75 Å². The highest BCUT2D eigenvalue weighted by molar-refractivity contribution is 5.93. The fourth-order valence-electron chi connectivity index (χ4n) is 1.83. The minimum Gasteiger partial charge on any atom is -0.508 e. The highest BCUT2D eigenvalue weighted by atomic mass is 16.3. The van der Waals surface area contributed by atoms with Gasteiger partial charge in [0.05, 0.1) is 0 Å². The first-order chi connectivity index (χ1) is 9.06. The molecule has 0 aliphatic rings. The van der Waals surface area contributed by atoms with E-state index in [0.717, 1.165) is 16.7 Å². The second kappa shape index (κ2) is 5.40. The van der Waals surface area contributed by atoms with Crippen molar-refractivity contribution >= 4 is 18.1 Å². The third-order valence-electron chi connectivity index (χ3n) is 2.88. The molecule has 0 aliphatic heterocycles. The number of phenolic OH excluding ortho intramolecular Hbond substituents is 1. The van der Waals surface area contributed by atoms with E-state index < -0.39 is 5.91 Å². The van der Waals surface area contributed by atoms with Gasteiger partial charge >= 0.3 is 0 Å². The summed E-state index contributed by atoms with van der Waals surface area (Å²) in [6.07, 6.45) is 3.85. The van der Waals surface area contributed by atoms with Gasteiger partial charge in [-0.05, 0) is 47.9 Å². The summed E-state index contributed by atoms with van der Waals surface area (Å²) in [4.78, 5) is 11.1. The van der Waals surface area contributed by atoms with Crippen molar-refractivity contribution in [3.05, 3.63) is 64.7 Å². The number of primary amides is 1. The molecule has 0 fully saturated rings. The van der Waals surface area contributed by atoms with E-state index in [1.807, 2.05) is 31.2 Å². The normalized spacial score (nSPS) is 10.8. The number of carbonyl (C=O) groups excluding carboxylic acids is 1. The van der Waals surface area contributed by atoms with Gasteiger partial charge in [0, 0.05) is 5.56 Å². The molecule has 0 saturated carbocycles. The predicted octanol–water partition coefficient (Wildman–Crippen LogP) is 2.97. The fraction of sp³-hybridized carbons (Fsp3) is 0.0625. The van der Waals surface area contributed by atoms with E-state index in [9.17, 15) is 9.90 Å². The molecule has 0 aromatic heterocycles. The molecule has 0 atom stereocenters. The summed E-state index contributed by atoms with van der Waals surface area (Å²) in [6, 6.07) is 12.3. The summed E-state index contributed by atoms with van der Waals surface area (Å²) < 4.78 is 0. The smallest absolute Gasteiger partial charge is 0.248 e. The zero-order valence-electron chi connectivity index (χ0n) is 10.6. The summed E-state index contributed by atoms with van der Waals surface area (Å²) in [5.74, 6) is -0.179. The molecule has 2 aromatic carbocycles. The van der Waals surface area contributed by atoms with Gasteiger partial charge in [-0.2, -0.15) is 0 Å². The molecule has 1 amide bonds. The number of hydrogen-bond donors (Lipinski definition) is 2. The number of aromatic hydroxyl groups is 1. The third-order valence-corrected chi connectivity index (χ3v) is 2.88. The lowest BCUT2D eigenvalue weighted by Crippen LogP contribution is -2.10. The van der Waals surface area contributed by atoms with E-state index >= 15 is 0 Å². The van der Waals surface area contributed by atoms with Crippen LogP contribution >= 0.6 is 0 Å². The van der Waals surface area contributed by atoms with E-state index in [4.69, 9.17) is 5.73 Å².